The highest BCUT2D eigenvalue weighted by Crippen LogP contribution is 2.19. The smallest absolute Gasteiger partial charge is 0.123 e. The fraction of sp³-hybridized carbons (Fsp3) is 0.538. The molecule has 0 amide bonds. The molecule has 0 fully saturated rings. The van der Waals surface area contributed by atoms with Gasteiger partial charge in [0, 0.05) is 5.38 Å². The van der Waals surface area contributed by atoms with Crippen LogP contribution in [0.1, 0.15) is 31.4 Å². The van der Waals surface area contributed by atoms with Gasteiger partial charge in [-0.3, -0.25) is 0 Å². The van der Waals surface area contributed by atoms with Gasteiger partial charge in [-0.2, -0.15) is 0 Å². The van der Waals surface area contributed by atoms with Crippen LogP contribution in [0.25, 0.3) is 0 Å². The Labute approximate surface area is 96.5 Å². The van der Waals surface area contributed by atoms with Crippen LogP contribution in [0.4, 0.5) is 4.39 Å². The number of benzene rings is 1. The summed E-state index contributed by atoms with van der Waals surface area (Å²) >= 11 is 5.94. The average Bonchev–Trinajstić information content (AvgIpc) is 2.10. The van der Waals surface area contributed by atoms with Crippen LogP contribution in [0.2, 0.25) is 0 Å². The lowest BCUT2D eigenvalue weighted by atomic mass is 9.94. The molecule has 1 rings (SSSR count). The summed E-state index contributed by atoms with van der Waals surface area (Å²) in [7, 11) is 0. The van der Waals surface area contributed by atoms with Gasteiger partial charge in [-0.1, -0.05) is 13.0 Å². The molecular weight excluding hydrogens is 211 g/mol. The fourth-order valence-electron chi connectivity index (χ4n) is 1.87. The molecule has 15 heavy (non-hydrogen) atoms. The Morgan fingerprint density at radius 3 is 2.60 bits per heavy atom. The zero-order valence-electron chi connectivity index (χ0n) is 9.56. The van der Waals surface area contributed by atoms with Crippen molar-refractivity contribution in [2.75, 3.05) is 0 Å². The SMILES string of the molecule is Cc1ccc(F)cc1CC(C)CC(C)Cl. The van der Waals surface area contributed by atoms with E-state index in [0.717, 1.165) is 24.0 Å². The maximum Gasteiger partial charge on any atom is 0.123 e. The summed E-state index contributed by atoms with van der Waals surface area (Å²) in [6.07, 6.45) is 1.87. The van der Waals surface area contributed by atoms with E-state index in [1.807, 2.05) is 19.9 Å². The molecule has 2 heteroatoms. The summed E-state index contributed by atoms with van der Waals surface area (Å²) in [4.78, 5) is 0. The molecule has 0 radical (unpaired) electrons. The second-order valence-electron chi connectivity index (χ2n) is 4.40. The van der Waals surface area contributed by atoms with E-state index in [1.54, 1.807) is 6.07 Å². The highest BCUT2D eigenvalue weighted by atomic mass is 35.5. The van der Waals surface area contributed by atoms with Crippen molar-refractivity contribution in [3.63, 3.8) is 0 Å². The summed E-state index contributed by atoms with van der Waals surface area (Å²) < 4.78 is 13.0. The first-order valence-electron chi connectivity index (χ1n) is 5.38. The van der Waals surface area contributed by atoms with Crippen LogP contribution in [0.5, 0.6) is 0 Å². The van der Waals surface area contributed by atoms with Gasteiger partial charge < -0.3 is 0 Å². The third kappa shape index (κ3) is 4.21. The number of hydrogen-bond acceptors (Lipinski definition) is 0. The first-order valence-corrected chi connectivity index (χ1v) is 5.81. The van der Waals surface area contributed by atoms with Crippen molar-refractivity contribution in [2.45, 2.75) is 39.0 Å². The standard InChI is InChI=1S/C13H18ClF/c1-9(6-11(3)14)7-12-8-13(15)5-4-10(12)2/h4-5,8-9,11H,6-7H2,1-3H3. The number of alkyl halides is 1. The van der Waals surface area contributed by atoms with Crippen LogP contribution in [0.3, 0.4) is 0 Å². The van der Waals surface area contributed by atoms with Crippen molar-refractivity contribution >= 4 is 11.6 Å². The molecule has 1 aromatic rings. The van der Waals surface area contributed by atoms with Crippen LogP contribution in [0.15, 0.2) is 18.2 Å². The molecule has 0 aliphatic heterocycles. The van der Waals surface area contributed by atoms with Gasteiger partial charge in [-0.05, 0) is 55.9 Å². The van der Waals surface area contributed by atoms with Crippen molar-refractivity contribution in [3.8, 4) is 0 Å². The van der Waals surface area contributed by atoms with Crippen LogP contribution in [-0.4, -0.2) is 5.38 Å². The molecule has 0 aromatic heterocycles. The number of hydrogen-bond donors (Lipinski definition) is 0. The first-order chi connectivity index (χ1) is 6.99. The highest BCUT2D eigenvalue weighted by molar-refractivity contribution is 6.20. The topological polar surface area (TPSA) is 0 Å². The van der Waals surface area contributed by atoms with E-state index in [1.165, 1.54) is 6.07 Å². The molecule has 0 bridgehead atoms. The molecule has 1 aromatic carbocycles. The van der Waals surface area contributed by atoms with Crippen molar-refractivity contribution in [2.24, 2.45) is 5.92 Å². The lowest BCUT2D eigenvalue weighted by Crippen LogP contribution is -2.06. The molecular formula is C13H18ClF. The Hall–Kier alpha value is -0.560. The summed E-state index contributed by atoms with van der Waals surface area (Å²) in [6, 6.07) is 4.97. The quantitative estimate of drug-likeness (QED) is 0.673. The second-order valence-corrected chi connectivity index (χ2v) is 5.14. The minimum Gasteiger partial charge on any atom is -0.207 e. The van der Waals surface area contributed by atoms with Gasteiger partial charge in [-0.25, -0.2) is 4.39 Å². The van der Waals surface area contributed by atoms with Gasteiger partial charge in [0.2, 0.25) is 0 Å². The molecule has 0 N–H and O–H groups in total. The summed E-state index contributed by atoms with van der Waals surface area (Å²) in [6.45, 7) is 6.17. The molecule has 0 nitrogen and oxygen atoms in total. The number of halogens is 2. The maximum atomic E-state index is 13.0. The van der Waals surface area contributed by atoms with E-state index in [-0.39, 0.29) is 11.2 Å². The predicted octanol–water partition coefficient (Wildman–Crippen LogP) is 4.33. The third-order valence-corrected chi connectivity index (χ3v) is 2.78. The largest absolute Gasteiger partial charge is 0.207 e. The van der Waals surface area contributed by atoms with Gasteiger partial charge in [0.25, 0.3) is 0 Å². The zero-order chi connectivity index (χ0) is 11.4. The average molecular weight is 229 g/mol. The van der Waals surface area contributed by atoms with Gasteiger partial charge in [0.15, 0.2) is 0 Å². The van der Waals surface area contributed by atoms with E-state index >= 15 is 0 Å². The fourth-order valence-corrected chi connectivity index (χ4v) is 2.18. The Bertz CT molecular complexity index is 320. The van der Waals surface area contributed by atoms with Crippen molar-refractivity contribution in [3.05, 3.63) is 35.1 Å². The molecule has 0 saturated carbocycles. The van der Waals surface area contributed by atoms with E-state index in [2.05, 4.69) is 6.92 Å². The van der Waals surface area contributed by atoms with Gasteiger partial charge >= 0.3 is 0 Å². The van der Waals surface area contributed by atoms with E-state index in [0.29, 0.717) is 5.92 Å². The predicted molar refractivity (Wildman–Crippen MR) is 63.9 cm³/mol. The third-order valence-electron chi connectivity index (χ3n) is 2.61. The van der Waals surface area contributed by atoms with Crippen molar-refractivity contribution in [1.82, 2.24) is 0 Å². The molecule has 0 spiro atoms. The number of aryl methyl sites for hydroxylation is 1. The van der Waals surface area contributed by atoms with E-state index < -0.39 is 0 Å². The Kier molecular flexibility index (Phi) is 4.59. The molecule has 2 atom stereocenters. The lowest BCUT2D eigenvalue weighted by Gasteiger charge is -2.14. The Morgan fingerprint density at radius 1 is 1.33 bits per heavy atom. The van der Waals surface area contributed by atoms with E-state index in [9.17, 15) is 4.39 Å². The molecule has 0 heterocycles. The summed E-state index contributed by atoms with van der Waals surface area (Å²) in [5, 5.41) is 0.189. The maximum absolute atomic E-state index is 13.0. The van der Waals surface area contributed by atoms with Crippen molar-refractivity contribution < 1.29 is 4.39 Å². The van der Waals surface area contributed by atoms with Crippen LogP contribution < -0.4 is 0 Å². The van der Waals surface area contributed by atoms with Crippen LogP contribution >= 0.6 is 11.6 Å². The second kappa shape index (κ2) is 5.50. The molecule has 2 unspecified atom stereocenters. The van der Waals surface area contributed by atoms with Crippen molar-refractivity contribution in [1.29, 1.82) is 0 Å². The molecule has 0 saturated heterocycles. The molecule has 0 aliphatic rings. The van der Waals surface area contributed by atoms with Gasteiger partial charge in [0.05, 0.1) is 0 Å². The Morgan fingerprint density at radius 2 is 2.00 bits per heavy atom. The summed E-state index contributed by atoms with van der Waals surface area (Å²) in [5.74, 6) is 0.347. The summed E-state index contributed by atoms with van der Waals surface area (Å²) in [5.41, 5.74) is 2.25. The minimum absolute atomic E-state index is 0.151. The van der Waals surface area contributed by atoms with Crippen LogP contribution in [-0.2, 0) is 6.42 Å². The zero-order valence-corrected chi connectivity index (χ0v) is 10.3. The number of rotatable bonds is 4. The monoisotopic (exact) mass is 228 g/mol. The Balaban J connectivity index is 2.67. The molecule has 0 aliphatic carbocycles. The first kappa shape index (κ1) is 12.5. The van der Waals surface area contributed by atoms with Crippen LogP contribution in [0, 0.1) is 18.7 Å². The highest BCUT2D eigenvalue weighted by Gasteiger charge is 2.09. The van der Waals surface area contributed by atoms with Gasteiger partial charge in [-0.15, -0.1) is 11.6 Å². The van der Waals surface area contributed by atoms with Gasteiger partial charge in [0.1, 0.15) is 5.82 Å². The normalized spacial score (nSPS) is 15.0. The molecule has 84 valence electrons. The lowest BCUT2D eigenvalue weighted by molar-refractivity contribution is 0.523. The van der Waals surface area contributed by atoms with E-state index in [4.69, 9.17) is 11.6 Å². The minimum atomic E-state index is -0.151.